The van der Waals surface area contributed by atoms with Crippen LogP contribution in [-0.2, 0) is 17.8 Å². The Morgan fingerprint density at radius 2 is 2.09 bits per heavy atom. The van der Waals surface area contributed by atoms with E-state index in [0.29, 0.717) is 12.0 Å². The zero-order valence-electron chi connectivity index (χ0n) is 18.1. The first-order valence-electron chi connectivity index (χ1n) is 10.9. The molecule has 1 aliphatic heterocycles. The summed E-state index contributed by atoms with van der Waals surface area (Å²) in [6.45, 7) is 1.94. The molecule has 4 rings (SSSR count). The molecule has 33 heavy (non-hydrogen) atoms. The Balaban J connectivity index is 1.51. The van der Waals surface area contributed by atoms with Gasteiger partial charge in [-0.05, 0) is 31.2 Å². The largest absolute Gasteiger partial charge is 0.503 e. The summed E-state index contributed by atoms with van der Waals surface area (Å²) in [5, 5.41) is 15.4. The Kier molecular flexibility index (Phi) is 6.46. The molecule has 1 saturated carbocycles. The van der Waals surface area contributed by atoms with E-state index in [4.69, 9.17) is 4.74 Å². The highest BCUT2D eigenvalue weighted by Gasteiger charge is 2.33. The summed E-state index contributed by atoms with van der Waals surface area (Å²) in [5.74, 6) is -3.39. The van der Waals surface area contributed by atoms with Crippen LogP contribution in [-0.4, -0.2) is 33.8 Å². The molecule has 0 spiro atoms. The number of amides is 2. The van der Waals surface area contributed by atoms with Gasteiger partial charge in [-0.25, -0.2) is 8.78 Å². The summed E-state index contributed by atoms with van der Waals surface area (Å²) < 4.78 is 34.2. The van der Waals surface area contributed by atoms with Crippen LogP contribution < -0.4 is 16.1 Å². The van der Waals surface area contributed by atoms with E-state index in [1.165, 1.54) is 16.8 Å². The van der Waals surface area contributed by atoms with Gasteiger partial charge in [0.05, 0.1) is 12.6 Å². The Morgan fingerprint density at radius 1 is 1.30 bits per heavy atom. The van der Waals surface area contributed by atoms with Crippen molar-refractivity contribution in [2.45, 2.75) is 58.0 Å². The van der Waals surface area contributed by atoms with Crippen LogP contribution in [0.1, 0.15) is 59.0 Å². The van der Waals surface area contributed by atoms with Gasteiger partial charge in [-0.2, -0.15) is 0 Å². The number of fused-ring (bicyclic) bond motifs is 1. The van der Waals surface area contributed by atoms with Crippen molar-refractivity contribution in [2.24, 2.45) is 5.92 Å². The molecule has 1 aromatic carbocycles. The fourth-order valence-electron chi connectivity index (χ4n) is 4.40. The molecule has 176 valence electrons. The summed E-state index contributed by atoms with van der Waals surface area (Å²) in [4.78, 5) is 37.7. The number of carbonyl (C=O) groups excluding carboxylic acids is 2. The Morgan fingerprint density at radius 3 is 2.79 bits per heavy atom. The van der Waals surface area contributed by atoms with Gasteiger partial charge in [-0.3, -0.25) is 14.4 Å². The maximum atomic E-state index is 13.8. The lowest BCUT2D eigenvalue weighted by Crippen LogP contribution is -2.48. The molecule has 0 radical (unpaired) electrons. The second-order valence-electron chi connectivity index (χ2n) is 8.45. The minimum atomic E-state index is -1.02. The second-order valence-corrected chi connectivity index (χ2v) is 8.45. The van der Waals surface area contributed by atoms with Crippen LogP contribution in [0.2, 0.25) is 0 Å². The van der Waals surface area contributed by atoms with Gasteiger partial charge in [-0.1, -0.05) is 19.4 Å². The van der Waals surface area contributed by atoms with Crippen LogP contribution >= 0.6 is 0 Å². The van der Waals surface area contributed by atoms with E-state index in [1.54, 1.807) is 0 Å². The van der Waals surface area contributed by atoms with Crippen LogP contribution in [0.25, 0.3) is 0 Å². The number of pyridine rings is 1. The number of ether oxygens (including phenoxy) is 1. The van der Waals surface area contributed by atoms with E-state index in [0.717, 1.165) is 31.7 Å². The molecule has 3 N–H and O–H groups in total. The summed E-state index contributed by atoms with van der Waals surface area (Å²) in [7, 11) is 0. The van der Waals surface area contributed by atoms with Crippen LogP contribution in [0.3, 0.4) is 0 Å². The van der Waals surface area contributed by atoms with Crippen molar-refractivity contribution in [3.63, 3.8) is 0 Å². The highest BCUT2D eigenvalue weighted by molar-refractivity contribution is 5.99. The predicted molar refractivity (Wildman–Crippen MR) is 114 cm³/mol. The lowest BCUT2D eigenvalue weighted by atomic mass is 10.1. The molecule has 2 aromatic rings. The van der Waals surface area contributed by atoms with Crippen molar-refractivity contribution < 1.29 is 28.2 Å². The predicted octanol–water partition coefficient (Wildman–Crippen LogP) is 2.43. The first-order valence-corrected chi connectivity index (χ1v) is 10.9. The number of benzene rings is 1. The van der Waals surface area contributed by atoms with E-state index in [9.17, 15) is 28.3 Å². The standard InChI is InChI=1S/C23H25F2N3O5/c1-2-12-3-6-15(7-12)33-18-11-28-10-16(20(29)21(30)19(28)23(32)27-18)22(31)26-9-13-4-5-14(24)8-17(13)25/h4-5,8,10,12,15,18,30H,2-3,6-7,9,11H2,1H3,(H,26,31)(H,27,32)/t12-,15+,18+/m0/s1. The monoisotopic (exact) mass is 461 g/mol. The molecule has 2 aliphatic rings. The van der Waals surface area contributed by atoms with Gasteiger partial charge >= 0.3 is 0 Å². The highest BCUT2D eigenvalue weighted by atomic mass is 19.1. The molecule has 1 aromatic heterocycles. The minimum absolute atomic E-state index is 0.00292. The molecule has 0 bridgehead atoms. The SMILES string of the molecule is CC[C@H]1CC[C@@H](O[C@@H]2Cn3cc(C(=O)NCc4ccc(F)cc4F)c(=O)c(O)c3C(=O)N2)C1. The lowest BCUT2D eigenvalue weighted by molar-refractivity contribution is -0.0376. The van der Waals surface area contributed by atoms with Gasteiger partial charge in [0.2, 0.25) is 5.43 Å². The van der Waals surface area contributed by atoms with Crippen molar-refractivity contribution in [3.8, 4) is 5.75 Å². The number of hydrogen-bond donors (Lipinski definition) is 3. The first kappa shape index (κ1) is 22.9. The van der Waals surface area contributed by atoms with E-state index in [2.05, 4.69) is 17.6 Å². The number of rotatable bonds is 6. The number of nitrogens with one attached hydrogen (secondary N) is 2. The zero-order chi connectivity index (χ0) is 23.7. The average molecular weight is 461 g/mol. The molecule has 1 fully saturated rings. The highest BCUT2D eigenvalue weighted by Crippen LogP contribution is 2.31. The van der Waals surface area contributed by atoms with Crippen molar-refractivity contribution in [1.29, 1.82) is 0 Å². The van der Waals surface area contributed by atoms with Gasteiger partial charge in [0.25, 0.3) is 11.8 Å². The van der Waals surface area contributed by atoms with Gasteiger partial charge in [0, 0.05) is 24.4 Å². The second kappa shape index (κ2) is 9.30. The third kappa shape index (κ3) is 4.75. The zero-order valence-corrected chi connectivity index (χ0v) is 18.1. The topological polar surface area (TPSA) is 110 Å². The molecule has 2 amide bonds. The summed E-state index contributed by atoms with van der Waals surface area (Å²) in [5.41, 5.74) is -1.64. The van der Waals surface area contributed by atoms with Gasteiger partial charge in [0.15, 0.2) is 11.4 Å². The molecule has 8 nitrogen and oxygen atoms in total. The van der Waals surface area contributed by atoms with Crippen molar-refractivity contribution in [2.75, 3.05) is 0 Å². The smallest absolute Gasteiger partial charge is 0.273 e. The average Bonchev–Trinajstić information content (AvgIpc) is 3.22. The number of aromatic hydroxyl groups is 1. The van der Waals surface area contributed by atoms with Gasteiger partial charge in [0.1, 0.15) is 23.4 Å². The lowest BCUT2D eigenvalue weighted by Gasteiger charge is -2.30. The molecule has 0 saturated heterocycles. The molecule has 10 heteroatoms. The summed E-state index contributed by atoms with van der Waals surface area (Å²) in [6.07, 6.45) is 4.44. The maximum absolute atomic E-state index is 13.8. The van der Waals surface area contributed by atoms with E-state index >= 15 is 0 Å². The molecular weight excluding hydrogens is 436 g/mol. The van der Waals surface area contributed by atoms with Crippen molar-refractivity contribution >= 4 is 11.8 Å². The van der Waals surface area contributed by atoms with Crippen LogP contribution in [0.15, 0.2) is 29.2 Å². The third-order valence-electron chi connectivity index (χ3n) is 6.25. The summed E-state index contributed by atoms with van der Waals surface area (Å²) >= 11 is 0. The quantitative estimate of drug-likeness (QED) is 0.612. The minimum Gasteiger partial charge on any atom is -0.503 e. The number of halogens is 2. The fraction of sp³-hybridized carbons (Fsp3) is 0.435. The van der Waals surface area contributed by atoms with Crippen LogP contribution in [0, 0.1) is 17.6 Å². The fourth-order valence-corrected chi connectivity index (χ4v) is 4.40. The maximum Gasteiger partial charge on any atom is 0.273 e. The molecular formula is C23H25F2N3O5. The number of nitrogens with zero attached hydrogens (tertiary/aromatic N) is 1. The number of carbonyl (C=O) groups is 2. The van der Waals surface area contributed by atoms with Crippen molar-refractivity contribution in [1.82, 2.24) is 15.2 Å². The van der Waals surface area contributed by atoms with Gasteiger partial charge < -0.3 is 25.0 Å². The number of hydrogen-bond acceptors (Lipinski definition) is 5. The van der Waals surface area contributed by atoms with Crippen LogP contribution in [0.5, 0.6) is 5.75 Å². The Bertz CT molecular complexity index is 1150. The van der Waals surface area contributed by atoms with E-state index in [-0.39, 0.29) is 30.5 Å². The van der Waals surface area contributed by atoms with Crippen molar-refractivity contribution in [3.05, 3.63) is 63.1 Å². The molecule has 1 aliphatic carbocycles. The number of aromatic nitrogens is 1. The Hall–Kier alpha value is -3.27. The summed E-state index contributed by atoms with van der Waals surface area (Å²) in [6, 6.07) is 2.92. The molecule has 2 heterocycles. The first-order chi connectivity index (χ1) is 15.8. The van der Waals surface area contributed by atoms with E-state index < -0.39 is 46.4 Å². The molecule has 3 atom stereocenters. The normalized spacial score (nSPS) is 22.0. The Labute approximate surface area is 188 Å². The third-order valence-corrected chi connectivity index (χ3v) is 6.25. The molecule has 0 unspecified atom stereocenters. The van der Waals surface area contributed by atoms with E-state index in [1.807, 2.05) is 0 Å². The van der Waals surface area contributed by atoms with Crippen LogP contribution in [0.4, 0.5) is 8.78 Å². The van der Waals surface area contributed by atoms with Gasteiger partial charge in [-0.15, -0.1) is 0 Å².